The van der Waals surface area contributed by atoms with Crippen molar-refractivity contribution in [3.63, 3.8) is 0 Å². The summed E-state index contributed by atoms with van der Waals surface area (Å²) in [4.78, 5) is 11.9. The summed E-state index contributed by atoms with van der Waals surface area (Å²) in [6.45, 7) is 4.68. The number of piperidine rings is 1. The normalized spacial score (nSPS) is 23.8. The van der Waals surface area contributed by atoms with Gasteiger partial charge in [0.05, 0.1) is 0 Å². The van der Waals surface area contributed by atoms with E-state index in [-0.39, 0.29) is 11.8 Å². The third-order valence-corrected chi connectivity index (χ3v) is 3.42. The molecule has 1 aromatic rings. The molecule has 2 N–H and O–H groups in total. The Hall–Kier alpha value is -1.36. The maximum Gasteiger partial charge on any atom is 0.223 e. The van der Waals surface area contributed by atoms with Gasteiger partial charge in [-0.15, -0.1) is 0 Å². The van der Waals surface area contributed by atoms with Crippen molar-refractivity contribution in [2.24, 2.45) is 5.92 Å². The van der Waals surface area contributed by atoms with Crippen LogP contribution in [-0.4, -0.2) is 34.8 Å². The molecule has 5 nitrogen and oxygen atoms in total. The Balaban J connectivity index is 1.62. The third kappa shape index (κ3) is 3.84. The highest BCUT2D eigenvalue weighted by atomic mass is 16.1. The molecule has 2 atom stereocenters. The van der Waals surface area contributed by atoms with Crippen molar-refractivity contribution in [2.75, 3.05) is 13.1 Å². The van der Waals surface area contributed by atoms with Gasteiger partial charge in [-0.1, -0.05) is 0 Å². The number of aromatic nitrogens is 2. The van der Waals surface area contributed by atoms with Crippen LogP contribution in [0.15, 0.2) is 18.5 Å². The first-order valence-electron chi connectivity index (χ1n) is 6.74. The van der Waals surface area contributed by atoms with E-state index in [0.717, 1.165) is 38.9 Å². The Morgan fingerprint density at radius 3 is 3.22 bits per heavy atom. The maximum atomic E-state index is 11.9. The van der Waals surface area contributed by atoms with E-state index in [0.29, 0.717) is 6.04 Å². The molecule has 5 heteroatoms. The van der Waals surface area contributed by atoms with Gasteiger partial charge in [0.2, 0.25) is 5.91 Å². The molecule has 0 aromatic carbocycles. The van der Waals surface area contributed by atoms with Crippen molar-refractivity contribution in [2.45, 2.75) is 38.8 Å². The second kappa shape index (κ2) is 6.54. The zero-order valence-corrected chi connectivity index (χ0v) is 10.9. The van der Waals surface area contributed by atoms with E-state index in [4.69, 9.17) is 0 Å². The van der Waals surface area contributed by atoms with E-state index in [1.54, 1.807) is 6.20 Å². The van der Waals surface area contributed by atoms with Crippen LogP contribution < -0.4 is 10.6 Å². The molecule has 100 valence electrons. The molecule has 0 aliphatic carbocycles. The van der Waals surface area contributed by atoms with Crippen molar-refractivity contribution < 1.29 is 4.79 Å². The van der Waals surface area contributed by atoms with Crippen LogP contribution in [0, 0.1) is 5.92 Å². The monoisotopic (exact) mass is 250 g/mol. The van der Waals surface area contributed by atoms with Crippen LogP contribution in [0.2, 0.25) is 0 Å². The van der Waals surface area contributed by atoms with Gasteiger partial charge in [-0.05, 0) is 38.8 Å². The molecule has 0 saturated carbocycles. The highest BCUT2D eigenvalue weighted by Gasteiger charge is 2.23. The smallest absolute Gasteiger partial charge is 0.223 e. The zero-order valence-electron chi connectivity index (χ0n) is 10.9. The molecule has 0 unspecified atom stereocenters. The van der Waals surface area contributed by atoms with Crippen molar-refractivity contribution in [1.82, 2.24) is 20.4 Å². The lowest BCUT2D eigenvalue weighted by molar-refractivity contribution is -0.126. The van der Waals surface area contributed by atoms with Gasteiger partial charge in [-0.25, -0.2) is 0 Å². The molecule has 1 amide bonds. The zero-order chi connectivity index (χ0) is 12.8. The summed E-state index contributed by atoms with van der Waals surface area (Å²) < 4.78 is 1.89. The molecule has 0 radical (unpaired) electrons. The molecule has 0 spiro atoms. The van der Waals surface area contributed by atoms with Crippen LogP contribution in [0.25, 0.3) is 0 Å². The number of nitrogens with one attached hydrogen (secondary N) is 2. The van der Waals surface area contributed by atoms with Crippen molar-refractivity contribution in [3.8, 4) is 0 Å². The Morgan fingerprint density at radius 1 is 1.61 bits per heavy atom. The van der Waals surface area contributed by atoms with Crippen LogP contribution in [0.1, 0.15) is 26.2 Å². The second-order valence-electron chi connectivity index (χ2n) is 4.99. The molecular weight excluding hydrogens is 228 g/mol. The van der Waals surface area contributed by atoms with E-state index >= 15 is 0 Å². The number of amides is 1. The second-order valence-corrected chi connectivity index (χ2v) is 4.99. The van der Waals surface area contributed by atoms with Gasteiger partial charge in [0.1, 0.15) is 0 Å². The van der Waals surface area contributed by atoms with Gasteiger partial charge in [0.25, 0.3) is 0 Å². The SMILES string of the molecule is C[C@H]1C[C@@H](C(=O)NCCCn2cccn2)CCN1. The Bertz CT molecular complexity index is 363. The lowest BCUT2D eigenvalue weighted by Crippen LogP contribution is -2.42. The first-order chi connectivity index (χ1) is 8.75. The summed E-state index contributed by atoms with van der Waals surface area (Å²) in [6.07, 6.45) is 6.54. The first-order valence-corrected chi connectivity index (χ1v) is 6.74. The molecule has 1 saturated heterocycles. The largest absolute Gasteiger partial charge is 0.356 e. The fraction of sp³-hybridized carbons (Fsp3) is 0.692. The number of hydrogen-bond donors (Lipinski definition) is 2. The van der Waals surface area contributed by atoms with Crippen molar-refractivity contribution in [1.29, 1.82) is 0 Å². The van der Waals surface area contributed by atoms with E-state index < -0.39 is 0 Å². The van der Waals surface area contributed by atoms with Crippen LogP contribution in [0.5, 0.6) is 0 Å². The van der Waals surface area contributed by atoms with E-state index in [1.165, 1.54) is 0 Å². The molecule has 0 bridgehead atoms. The van der Waals surface area contributed by atoms with Crippen molar-refractivity contribution >= 4 is 5.91 Å². The molecular formula is C13H22N4O. The molecule has 18 heavy (non-hydrogen) atoms. The summed E-state index contributed by atoms with van der Waals surface area (Å²) in [5, 5.41) is 10.5. The summed E-state index contributed by atoms with van der Waals surface area (Å²) in [5.74, 6) is 0.398. The lowest BCUT2D eigenvalue weighted by atomic mass is 9.92. The number of rotatable bonds is 5. The van der Waals surface area contributed by atoms with Crippen molar-refractivity contribution in [3.05, 3.63) is 18.5 Å². The number of hydrogen-bond acceptors (Lipinski definition) is 3. The molecule has 2 heterocycles. The average Bonchev–Trinajstić information content (AvgIpc) is 2.87. The highest BCUT2D eigenvalue weighted by molar-refractivity contribution is 5.78. The summed E-state index contributed by atoms with van der Waals surface area (Å²) >= 11 is 0. The fourth-order valence-electron chi connectivity index (χ4n) is 2.40. The Morgan fingerprint density at radius 2 is 2.50 bits per heavy atom. The van der Waals surface area contributed by atoms with Gasteiger partial charge in [0, 0.05) is 37.4 Å². The van der Waals surface area contributed by atoms with Gasteiger partial charge in [-0.3, -0.25) is 9.48 Å². The van der Waals surface area contributed by atoms with Gasteiger partial charge < -0.3 is 10.6 Å². The first kappa shape index (κ1) is 13.1. The minimum absolute atomic E-state index is 0.186. The molecule has 1 aromatic heterocycles. The van der Waals surface area contributed by atoms with Crippen LogP contribution in [0.3, 0.4) is 0 Å². The molecule has 1 fully saturated rings. The summed E-state index contributed by atoms with van der Waals surface area (Å²) in [5.41, 5.74) is 0. The van der Waals surface area contributed by atoms with Crippen LogP contribution in [-0.2, 0) is 11.3 Å². The van der Waals surface area contributed by atoms with Crippen LogP contribution in [0.4, 0.5) is 0 Å². The predicted octanol–water partition coefficient (Wildman–Crippen LogP) is 0.777. The third-order valence-electron chi connectivity index (χ3n) is 3.42. The number of carbonyl (C=O) groups excluding carboxylic acids is 1. The number of aryl methyl sites for hydroxylation is 1. The van der Waals surface area contributed by atoms with Crippen LogP contribution >= 0.6 is 0 Å². The minimum atomic E-state index is 0.186. The standard InChI is InChI=1S/C13H22N4O/c1-11-10-12(4-7-14-11)13(18)15-5-2-8-17-9-3-6-16-17/h3,6,9,11-12,14H,2,4-5,7-8,10H2,1H3,(H,15,18)/t11-,12-/m0/s1. The highest BCUT2D eigenvalue weighted by Crippen LogP contribution is 2.15. The number of carbonyl (C=O) groups is 1. The summed E-state index contributed by atoms with van der Waals surface area (Å²) in [6, 6.07) is 2.37. The van der Waals surface area contributed by atoms with E-state index in [1.807, 2.05) is 16.9 Å². The number of nitrogens with zero attached hydrogens (tertiary/aromatic N) is 2. The topological polar surface area (TPSA) is 59.0 Å². The summed E-state index contributed by atoms with van der Waals surface area (Å²) in [7, 11) is 0. The Kier molecular flexibility index (Phi) is 4.75. The van der Waals surface area contributed by atoms with Gasteiger partial charge >= 0.3 is 0 Å². The van der Waals surface area contributed by atoms with E-state index in [2.05, 4.69) is 22.7 Å². The lowest BCUT2D eigenvalue weighted by Gasteiger charge is -2.27. The molecule has 2 rings (SSSR count). The van der Waals surface area contributed by atoms with E-state index in [9.17, 15) is 4.79 Å². The Labute approximate surface area is 108 Å². The predicted molar refractivity (Wildman–Crippen MR) is 70.0 cm³/mol. The molecule has 1 aliphatic heterocycles. The minimum Gasteiger partial charge on any atom is -0.356 e. The van der Waals surface area contributed by atoms with Gasteiger partial charge in [0.15, 0.2) is 0 Å². The average molecular weight is 250 g/mol. The molecule has 1 aliphatic rings. The van der Waals surface area contributed by atoms with Gasteiger partial charge in [-0.2, -0.15) is 5.10 Å². The maximum absolute atomic E-state index is 11.9. The quantitative estimate of drug-likeness (QED) is 0.759. The fourth-order valence-corrected chi connectivity index (χ4v) is 2.40.